The third-order valence-electron chi connectivity index (χ3n) is 2.81. The van der Waals surface area contributed by atoms with Crippen molar-refractivity contribution in [2.45, 2.75) is 38.4 Å². The van der Waals surface area contributed by atoms with E-state index in [-0.39, 0.29) is 0 Å². The van der Waals surface area contributed by atoms with Crippen LogP contribution in [0.15, 0.2) is 24.3 Å². The van der Waals surface area contributed by atoms with E-state index >= 15 is 0 Å². The molecule has 1 heteroatoms. The zero-order valence-electron chi connectivity index (χ0n) is 9.26. The lowest BCUT2D eigenvalue weighted by molar-refractivity contribution is 0.544. The molecule has 0 amide bonds. The van der Waals surface area contributed by atoms with Crippen molar-refractivity contribution in [2.24, 2.45) is 5.92 Å². The Morgan fingerprint density at radius 1 is 1.29 bits per heavy atom. The smallest absolute Gasteiger partial charge is 0.0172 e. The molecule has 0 saturated carbocycles. The van der Waals surface area contributed by atoms with Gasteiger partial charge in [-0.1, -0.05) is 54.0 Å². The number of hydrogen-bond donors (Lipinski definition) is 0. The van der Waals surface area contributed by atoms with Gasteiger partial charge < -0.3 is 0 Å². The molecule has 14 heavy (non-hydrogen) atoms. The highest BCUT2D eigenvalue weighted by molar-refractivity contribution is 9.09. The van der Waals surface area contributed by atoms with Crippen molar-refractivity contribution in [1.82, 2.24) is 0 Å². The maximum atomic E-state index is 3.72. The van der Waals surface area contributed by atoms with Crippen LogP contribution in [0.4, 0.5) is 0 Å². The molecule has 0 aliphatic heterocycles. The van der Waals surface area contributed by atoms with E-state index in [1.807, 2.05) is 0 Å². The number of hydrogen-bond acceptors (Lipinski definition) is 0. The highest BCUT2D eigenvalue weighted by Gasteiger charge is 2.12. The highest BCUT2D eigenvalue weighted by atomic mass is 79.9. The molecule has 0 bridgehead atoms. The summed E-state index contributed by atoms with van der Waals surface area (Å²) in [6, 6.07) is 8.66. The fraction of sp³-hybridized carbons (Fsp3) is 0.538. The average molecular weight is 255 g/mol. The topological polar surface area (TPSA) is 0 Å². The summed E-state index contributed by atoms with van der Waals surface area (Å²) >= 11 is 3.72. The molecule has 0 fully saturated rings. The van der Waals surface area contributed by atoms with E-state index in [9.17, 15) is 0 Å². The van der Waals surface area contributed by atoms with Crippen LogP contribution in [-0.2, 0) is 6.42 Å². The van der Waals surface area contributed by atoms with Crippen molar-refractivity contribution in [3.8, 4) is 0 Å². The Kier molecular flexibility index (Phi) is 4.67. The van der Waals surface area contributed by atoms with Crippen molar-refractivity contribution < 1.29 is 0 Å². The second-order valence-corrected chi connectivity index (χ2v) is 5.21. The van der Waals surface area contributed by atoms with Crippen LogP contribution in [0.1, 0.15) is 31.4 Å². The van der Waals surface area contributed by atoms with E-state index in [1.165, 1.54) is 24.0 Å². The van der Waals surface area contributed by atoms with Gasteiger partial charge in [-0.25, -0.2) is 0 Å². The minimum atomic E-state index is 0.641. The van der Waals surface area contributed by atoms with Crippen LogP contribution >= 0.6 is 15.9 Å². The quantitative estimate of drug-likeness (QED) is 0.702. The first kappa shape index (κ1) is 11.8. The molecule has 0 saturated heterocycles. The molecule has 0 spiro atoms. The zero-order valence-corrected chi connectivity index (χ0v) is 10.8. The van der Waals surface area contributed by atoms with Crippen molar-refractivity contribution in [3.63, 3.8) is 0 Å². The van der Waals surface area contributed by atoms with E-state index in [2.05, 4.69) is 61.0 Å². The Hall–Kier alpha value is -0.300. The minimum absolute atomic E-state index is 0.641. The molecular formula is C13H19Br. The largest absolute Gasteiger partial charge is 0.0888 e. The first-order valence-corrected chi connectivity index (χ1v) is 6.25. The van der Waals surface area contributed by atoms with Gasteiger partial charge in [0, 0.05) is 4.83 Å². The molecule has 1 rings (SSSR count). The van der Waals surface area contributed by atoms with Crippen LogP contribution in [0.5, 0.6) is 0 Å². The molecule has 0 nitrogen and oxygen atoms in total. The van der Waals surface area contributed by atoms with Crippen molar-refractivity contribution in [1.29, 1.82) is 0 Å². The molecule has 0 aliphatic carbocycles. The first-order valence-electron chi connectivity index (χ1n) is 5.33. The second-order valence-electron chi connectivity index (χ2n) is 4.03. The van der Waals surface area contributed by atoms with E-state index in [1.54, 1.807) is 0 Å². The van der Waals surface area contributed by atoms with Gasteiger partial charge >= 0.3 is 0 Å². The predicted octanol–water partition coefficient (Wildman–Crippen LogP) is 4.35. The monoisotopic (exact) mass is 254 g/mol. The zero-order chi connectivity index (χ0) is 10.6. The molecule has 0 radical (unpaired) electrons. The van der Waals surface area contributed by atoms with Gasteiger partial charge in [-0.2, -0.15) is 0 Å². The van der Waals surface area contributed by atoms with E-state index in [0.717, 1.165) is 0 Å². The summed E-state index contributed by atoms with van der Waals surface area (Å²) in [6.07, 6.45) is 2.38. The van der Waals surface area contributed by atoms with Gasteiger partial charge in [-0.3, -0.25) is 0 Å². The molecule has 78 valence electrons. The average Bonchev–Trinajstić information content (AvgIpc) is 2.20. The molecule has 2 unspecified atom stereocenters. The van der Waals surface area contributed by atoms with Crippen molar-refractivity contribution >= 4 is 15.9 Å². The fourth-order valence-corrected chi connectivity index (χ4v) is 1.90. The van der Waals surface area contributed by atoms with Gasteiger partial charge in [0.25, 0.3) is 0 Å². The van der Waals surface area contributed by atoms with Gasteiger partial charge in [-0.15, -0.1) is 0 Å². The van der Waals surface area contributed by atoms with Crippen LogP contribution in [0.2, 0.25) is 0 Å². The highest BCUT2D eigenvalue weighted by Crippen LogP contribution is 2.21. The van der Waals surface area contributed by atoms with Crippen LogP contribution in [-0.4, -0.2) is 4.83 Å². The number of rotatable bonds is 4. The Morgan fingerprint density at radius 2 is 1.93 bits per heavy atom. The SMILES string of the molecule is CCC(Br)C(C)Cc1ccccc1C. The maximum absolute atomic E-state index is 3.72. The normalized spacial score (nSPS) is 15.1. The summed E-state index contributed by atoms with van der Waals surface area (Å²) in [5.41, 5.74) is 2.90. The molecule has 1 aromatic carbocycles. The van der Waals surface area contributed by atoms with Gasteiger partial charge in [0.2, 0.25) is 0 Å². The Bertz CT molecular complexity index is 280. The molecule has 2 atom stereocenters. The van der Waals surface area contributed by atoms with E-state index in [4.69, 9.17) is 0 Å². The molecular weight excluding hydrogens is 236 g/mol. The van der Waals surface area contributed by atoms with E-state index in [0.29, 0.717) is 10.7 Å². The number of alkyl halides is 1. The van der Waals surface area contributed by atoms with Gasteiger partial charge in [0.1, 0.15) is 0 Å². The molecule has 0 heterocycles. The van der Waals surface area contributed by atoms with Crippen molar-refractivity contribution in [2.75, 3.05) is 0 Å². The number of aryl methyl sites for hydroxylation is 1. The summed E-state index contributed by atoms with van der Waals surface area (Å²) in [7, 11) is 0. The maximum Gasteiger partial charge on any atom is 0.0172 e. The third-order valence-corrected chi connectivity index (χ3v) is 4.36. The number of halogens is 1. The molecule has 0 N–H and O–H groups in total. The molecule has 0 aliphatic rings. The summed E-state index contributed by atoms with van der Waals surface area (Å²) < 4.78 is 0. The number of benzene rings is 1. The summed E-state index contributed by atoms with van der Waals surface area (Å²) in [6.45, 7) is 6.74. The molecule has 0 aromatic heterocycles. The Morgan fingerprint density at radius 3 is 2.50 bits per heavy atom. The van der Waals surface area contributed by atoms with Gasteiger partial charge in [0.15, 0.2) is 0 Å². The Labute approximate surface area is 95.9 Å². The van der Waals surface area contributed by atoms with Crippen LogP contribution in [0.25, 0.3) is 0 Å². The van der Waals surface area contributed by atoms with Crippen molar-refractivity contribution in [3.05, 3.63) is 35.4 Å². The van der Waals surface area contributed by atoms with Gasteiger partial charge in [0.05, 0.1) is 0 Å². The summed E-state index contributed by atoms with van der Waals surface area (Å²) in [5.74, 6) is 0.709. The van der Waals surface area contributed by atoms with Crippen LogP contribution in [0, 0.1) is 12.8 Å². The van der Waals surface area contributed by atoms with Crippen LogP contribution in [0.3, 0.4) is 0 Å². The minimum Gasteiger partial charge on any atom is -0.0888 e. The standard InChI is InChI=1S/C13H19Br/c1-4-13(14)11(3)9-12-8-6-5-7-10(12)2/h5-8,11,13H,4,9H2,1-3H3. The second kappa shape index (κ2) is 5.55. The lowest BCUT2D eigenvalue weighted by Gasteiger charge is -2.17. The fourth-order valence-electron chi connectivity index (χ4n) is 1.72. The van der Waals surface area contributed by atoms with Gasteiger partial charge in [-0.05, 0) is 36.8 Å². The Balaban J connectivity index is 2.64. The lowest BCUT2D eigenvalue weighted by Crippen LogP contribution is -2.13. The summed E-state index contributed by atoms with van der Waals surface area (Å²) in [4.78, 5) is 0.641. The third kappa shape index (κ3) is 3.13. The summed E-state index contributed by atoms with van der Waals surface area (Å²) in [5, 5.41) is 0. The van der Waals surface area contributed by atoms with E-state index < -0.39 is 0 Å². The molecule has 1 aromatic rings. The predicted molar refractivity (Wildman–Crippen MR) is 67.1 cm³/mol. The first-order chi connectivity index (χ1) is 6.65. The van der Waals surface area contributed by atoms with Crippen LogP contribution < -0.4 is 0 Å². The lowest BCUT2D eigenvalue weighted by atomic mass is 9.94.